The van der Waals surface area contributed by atoms with Gasteiger partial charge in [-0.25, -0.2) is 0 Å². The third-order valence-corrected chi connectivity index (χ3v) is 4.33. The van der Waals surface area contributed by atoms with E-state index in [1.807, 2.05) is 0 Å². The van der Waals surface area contributed by atoms with Crippen molar-refractivity contribution < 1.29 is 9.53 Å². The summed E-state index contributed by atoms with van der Waals surface area (Å²) in [5.74, 6) is 0.832. The Morgan fingerprint density at radius 1 is 1.44 bits per heavy atom. The molecular formula is C12H20ClNO2. The summed E-state index contributed by atoms with van der Waals surface area (Å²) in [6.07, 6.45) is 4.15. The molecule has 0 aromatic heterocycles. The molecule has 4 heteroatoms. The predicted octanol–water partition coefficient (Wildman–Crippen LogP) is 1.94. The van der Waals surface area contributed by atoms with Gasteiger partial charge in [0, 0.05) is 18.5 Å². The first-order valence-electron chi connectivity index (χ1n) is 6.22. The van der Waals surface area contributed by atoms with Crippen LogP contribution in [0.3, 0.4) is 0 Å². The van der Waals surface area contributed by atoms with E-state index in [9.17, 15) is 4.79 Å². The van der Waals surface area contributed by atoms with Gasteiger partial charge in [-0.05, 0) is 31.1 Å². The molecule has 1 saturated heterocycles. The largest absolute Gasteiger partial charge is 0.368 e. The Morgan fingerprint density at radius 3 is 2.81 bits per heavy atom. The fourth-order valence-electron chi connectivity index (χ4n) is 2.58. The first kappa shape index (κ1) is 12.2. The van der Waals surface area contributed by atoms with Gasteiger partial charge in [-0.15, -0.1) is 11.6 Å². The van der Waals surface area contributed by atoms with E-state index in [0.29, 0.717) is 25.0 Å². The number of hydrogen-bond acceptors (Lipinski definition) is 2. The molecule has 0 aromatic carbocycles. The Kier molecular flexibility index (Phi) is 4.09. The van der Waals surface area contributed by atoms with Gasteiger partial charge in [0.15, 0.2) is 0 Å². The molecule has 1 aliphatic carbocycles. The molecule has 1 heterocycles. The smallest absolute Gasteiger partial charge is 0.249 e. The van der Waals surface area contributed by atoms with Gasteiger partial charge in [0.1, 0.15) is 6.10 Å². The average Bonchev–Trinajstić information content (AvgIpc) is 2.84. The summed E-state index contributed by atoms with van der Waals surface area (Å²) in [6.45, 7) is 3.48. The maximum absolute atomic E-state index is 11.8. The highest BCUT2D eigenvalue weighted by Gasteiger charge is 2.32. The Morgan fingerprint density at radius 2 is 2.25 bits per heavy atom. The molecule has 1 saturated carbocycles. The first-order chi connectivity index (χ1) is 7.68. The van der Waals surface area contributed by atoms with E-state index in [2.05, 4.69) is 12.2 Å². The highest BCUT2D eigenvalue weighted by Crippen LogP contribution is 2.29. The highest BCUT2D eigenvalue weighted by atomic mass is 35.5. The molecule has 4 atom stereocenters. The van der Waals surface area contributed by atoms with Crippen LogP contribution >= 0.6 is 11.6 Å². The number of carbonyl (C=O) groups is 1. The minimum absolute atomic E-state index is 0.0424. The van der Waals surface area contributed by atoms with E-state index in [4.69, 9.17) is 16.3 Å². The summed E-state index contributed by atoms with van der Waals surface area (Å²) >= 11 is 6.17. The second-order valence-electron chi connectivity index (χ2n) is 5.01. The average molecular weight is 246 g/mol. The molecular weight excluding hydrogens is 226 g/mol. The lowest BCUT2D eigenvalue weighted by atomic mass is 10.0. The molecule has 2 rings (SSSR count). The zero-order chi connectivity index (χ0) is 11.5. The van der Waals surface area contributed by atoms with Gasteiger partial charge in [-0.3, -0.25) is 4.79 Å². The van der Waals surface area contributed by atoms with Crippen LogP contribution in [0.25, 0.3) is 0 Å². The van der Waals surface area contributed by atoms with Gasteiger partial charge in [0.2, 0.25) is 5.91 Å². The first-order valence-corrected chi connectivity index (χ1v) is 6.65. The maximum atomic E-state index is 11.8. The fourth-order valence-corrected chi connectivity index (χ4v) is 2.95. The molecule has 2 fully saturated rings. The van der Waals surface area contributed by atoms with E-state index in [0.717, 1.165) is 19.3 Å². The molecule has 0 spiro atoms. The van der Waals surface area contributed by atoms with Gasteiger partial charge >= 0.3 is 0 Å². The van der Waals surface area contributed by atoms with Crippen LogP contribution < -0.4 is 5.32 Å². The number of halogens is 1. The van der Waals surface area contributed by atoms with Crippen molar-refractivity contribution in [2.45, 2.75) is 44.1 Å². The van der Waals surface area contributed by atoms with Crippen LogP contribution in [0, 0.1) is 11.8 Å². The molecule has 4 unspecified atom stereocenters. The molecule has 3 nitrogen and oxygen atoms in total. The van der Waals surface area contributed by atoms with Crippen molar-refractivity contribution >= 4 is 17.5 Å². The predicted molar refractivity (Wildman–Crippen MR) is 63.5 cm³/mol. The second kappa shape index (κ2) is 5.37. The Hall–Kier alpha value is -0.280. The number of amides is 1. The number of ether oxygens (including phenoxy) is 1. The van der Waals surface area contributed by atoms with Crippen molar-refractivity contribution in [2.24, 2.45) is 11.8 Å². The second-order valence-corrected chi connectivity index (χ2v) is 5.57. The lowest BCUT2D eigenvalue weighted by Gasteiger charge is -2.18. The van der Waals surface area contributed by atoms with Gasteiger partial charge in [-0.1, -0.05) is 13.3 Å². The fraction of sp³-hybridized carbons (Fsp3) is 0.917. The molecule has 0 bridgehead atoms. The standard InChI is InChI=1S/C12H20ClNO2/c1-8-5-6-16-11(8)12(15)14-7-9-3-2-4-10(9)13/h8-11H,2-7H2,1H3,(H,14,15). The van der Waals surface area contributed by atoms with E-state index in [-0.39, 0.29) is 17.4 Å². The number of hydrogen-bond donors (Lipinski definition) is 1. The van der Waals surface area contributed by atoms with E-state index < -0.39 is 0 Å². The van der Waals surface area contributed by atoms with Crippen LogP contribution in [0.5, 0.6) is 0 Å². The lowest BCUT2D eigenvalue weighted by Crippen LogP contribution is -2.40. The van der Waals surface area contributed by atoms with Gasteiger partial charge in [0.05, 0.1) is 0 Å². The van der Waals surface area contributed by atoms with Crippen molar-refractivity contribution in [3.8, 4) is 0 Å². The van der Waals surface area contributed by atoms with Crippen molar-refractivity contribution in [1.82, 2.24) is 5.32 Å². The molecule has 1 N–H and O–H groups in total. The monoisotopic (exact) mass is 245 g/mol. The third kappa shape index (κ3) is 2.69. The van der Waals surface area contributed by atoms with Crippen LogP contribution in [0.4, 0.5) is 0 Å². The minimum atomic E-state index is -0.241. The molecule has 0 aromatic rings. The third-order valence-electron chi connectivity index (χ3n) is 3.75. The van der Waals surface area contributed by atoms with Crippen LogP contribution in [0.2, 0.25) is 0 Å². The minimum Gasteiger partial charge on any atom is -0.368 e. The topological polar surface area (TPSA) is 38.3 Å². The van der Waals surface area contributed by atoms with Crippen molar-refractivity contribution in [3.05, 3.63) is 0 Å². The highest BCUT2D eigenvalue weighted by molar-refractivity contribution is 6.20. The summed E-state index contributed by atoms with van der Waals surface area (Å²) in [5, 5.41) is 3.22. The SMILES string of the molecule is CC1CCOC1C(=O)NCC1CCCC1Cl. The zero-order valence-corrected chi connectivity index (χ0v) is 10.5. The number of carbonyl (C=O) groups excluding carboxylic acids is 1. The Labute approximate surface area is 102 Å². The quantitative estimate of drug-likeness (QED) is 0.772. The summed E-state index contributed by atoms with van der Waals surface area (Å²) in [7, 11) is 0. The maximum Gasteiger partial charge on any atom is 0.249 e. The van der Waals surface area contributed by atoms with E-state index in [1.54, 1.807) is 0 Å². The van der Waals surface area contributed by atoms with Gasteiger partial charge in [-0.2, -0.15) is 0 Å². The molecule has 2 aliphatic rings. The van der Waals surface area contributed by atoms with Crippen molar-refractivity contribution in [1.29, 1.82) is 0 Å². The van der Waals surface area contributed by atoms with Gasteiger partial charge < -0.3 is 10.1 Å². The van der Waals surface area contributed by atoms with Gasteiger partial charge in [0.25, 0.3) is 0 Å². The Balaban J connectivity index is 1.75. The lowest BCUT2D eigenvalue weighted by molar-refractivity contribution is -0.131. The van der Waals surface area contributed by atoms with Crippen LogP contribution in [-0.2, 0) is 9.53 Å². The number of nitrogens with one attached hydrogen (secondary N) is 1. The number of alkyl halides is 1. The number of rotatable bonds is 3. The van der Waals surface area contributed by atoms with Crippen LogP contribution in [0.15, 0.2) is 0 Å². The van der Waals surface area contributed by atoms with Crippen molar-refractivity contribution in [2.75, 3.05) is 13.2 Å². The summed E-state index contributed by atoms with van der Waals surface area (Å²) in [4.78, 5) is 11.8. The van der Waals surface area contributed by atoms with Crippen LogP contribution in [0.1, 0.15) is 32.6 Å². The molecule has 1 amide bonds. The summed E-state index contributed by atoms with van der Waals surface area (Å²) in [6, 6.07) is 0. The molecule has 0 radical (unpaired) electrons. The van der Waals surface area contributed by atoms with Crippen molar-refractivity contribution in [3.63, 3.8) is 0 Å². The Bertz CT molecular complexity index is 259. The molecule has 1 aliphatic heterocycles. The summed E-state index contributed by atoms with van der Waals surface area (Å²) < 4.78 is 5.42. The molecule has 92 valence electrons. The van der Waals surface area contributed by atoms with E-state index >= 15 is 0 Å². The normalized spacial score (nSPS) is 38.9. The molecule has 16 heavy (non-hydrogen) atoms. The summed E-state index contributed by atoms with van der Waals surface area (Å²) in [5.41, 5.74) is 0. The van der Waals surface area contributed by atoms with E-state index in [1.165, 1.54) is 6.42 Å². The van der Waals surface area contributed by atoms with Crippen LogP contribution in [-0.4, -0.2) is 30.5 Å². The zero-order valence-electron chi connectivity index (χ0n) is 9.75.